The highest BCUT2D eigenvalue weighted by Gasteiger charge is 2.36. The Balaban J connectivity index is 2.14. The summed E-state index contributed by atoms with van der Waals surface area (Å²) in [7, 11) is 0. The van der Waals surface area contributed by atoms with E-state index in [-0.39, 0.29) is 11.4 Å². The fourth-order valence-electron chi connectivity index (χ4n) is 2.33. The first-order chi connectivity index (χ1) is 8.90. The quantitative estimate of drug-likeness (QED) is 0.866. The number of amides is 1. The maximum absolute atomic E-state index is 12.4. The molecule has 0 bridgehead atoms. The Kier molecular flexibility index (Phi) is 3.75. The molecule has 102 valence electrons. The second-order valence-corrected chi connectivity index (χ2v) is 6.36. The van der Waals surface area contributed by atoms with E-state index in [0.717, 1.165) is 30.3 Å². The summed E-state index contributed by atoms with van der Waals surface area (Å²) in [5.74, 6) is -0.940. The summed E-state index contributed by atoms with van der Waals surface area (Å²) in [4.78, 5) is 26.2. The van der Waals surface area contributed by atoms with Crippen molar-refractivity contribution in [2.24, 2.45) is 0 Å². The summed E-state index contributed by atoms with van der Waals surface area (Å²) >= 11 is 1.33. The first kappa shape index (κ1) is 13.8. The van der Waals surface area contributed by atoms with Gasteiger partial charge >= 0.3 is 5.97 Å². The SMILES string of the molecule is CC1(C)CCCN1C(=O)c1ccc(C=CC(=O)O)s1. The molecule has 0 aromatic carbocycles. The van der Waals surface area contributed by atoms with E-state index in [1.807, 2.05) is 4.90 Å². The number of likely N-dealkylation sites (tertiary alicyclic amines) is 1. The number of thiophene rings is 1. The summed E-state index contributed by atoms with van der Waals surface area (Å²) in [6, 6.07) is 3.54. The Morgan fingerprint density at radius 2 is 2.16 bits per heavy atom. The number of hydrogen-bond donors (Lipinski definition) is 1. The Hall–Kier alpha value is -1.62. The Bertz CT molecular complexity index is 531. The zero-order valence-electron chi connectivity index (χ0n) is 11.0. The fraction of sp³-hybridized carbons (Fsp3) is 0.429. The number of carboxylic acid groups (broad SMARTS) is 1. The van der Waals surface area contributed by atoms with Crippen LogP contribution >= 0.6 is 11.3 Å². The van der Waals surface area contributed by atoms with Crippen LogP contribution < -0.4 is 0 Å². The molecule has 0 saturated carbocycles. The molecule has 0 radical (unpaired) electrons. The van der Waals surface area contributed by atoms with Crippen molar-refractivity contribution in [3.63, 3.8) is 0 Å². The lowest BCUT2D eigenvalue weighted by Crippen LogP contribution is -2.42. The number of hydrogen-bond acceptors (Lipinski definition) is 3. The smallest absolute Gasteiger partial charge is 0.328 e. The largest absolute Gasteiger partial charge is 0.478 e. The fourth-order valence-corrected chi connectivity index (χ4v) is 3.19. The van der Waals surface area contributed by atoms with Gasteiger partial charge in [0.05, 0.1) is 4.88 Å². The van der Waals surface area contributed by atoms with Gasteiger partial charge in [0.1, 0.15) is 0 Å². The van der Waals surface area contributed by atoms with E-state index >= 15 is 0 Å². The normalized spacial score (nSPS) is 18.1. The van der Waals surface area contributed by atoms with E-state index in [1.54, 1.807) is 12.1 Å². The van der Waals surface area contributed by atoms with Gasteiger partial charge in [0, 0.05) is 23.0 Å². The van der Waals surface area contributed by atoms with Crippen molar-refractivity contribution >= 4 is 29.3 Å². The number of aliphatic carboxylic acids is 1. The molecule has 1 amide bonds. The van der Waals surface area contributed by atoms with E-state index in [2.05, 4.69) is 13.8 Å². The predicted molar refractivity (Wildman–Crippen MR) is 75.3 cm³/mol. The van der Waals surface area contributed by atoms with Gasteiger partial charge in [-0.3, -0.25) is 4.79 Å². The molecule has 1 N–H and O–H groups in total. The lowest BCUT2D eigenvalue weighted by molar-refractivity contribution is -0.131. The lowest BCUT2D eigenvalue weighted by Gasteiger charge is -2.31. The zero-order chi connectivity index (χ0) is 14.0. The molecular weight excluding hydrogens is 262 g/mol. The number of carbonyl (C=O) groups excluding carboxylic acids is 1. The second-order valence-electron chi connectivity index (χ2n) is 5.25. The van der Waals surface area contributed by atoms with Crippen LogP contribution in [-0.2, 0) is 4.79 Å². The van der Waals surface area contributed by atoms with Gasteiger partial charge in [-0.25, -0.2) is 4.79 Å². The van der Waals surface area contributed by atoms with Crippen molar-refractivity contribution in [2.45, 2.75) is 32.2 Å². The average Bonchev–Trinajstić information content (AvgIpc) is 2.91. The van der Waals surface area contributed by atoms with Crippen LogP contribution in [0, 0.1) is 0 Å². The van der Waals surface area contributed by atoms with Crippen molar-refractivity contribution in [3.8, 4) is 0 Å². The predicted octanol–water partition coefficient (Wildman–Crippen LogP) is 2.86. The third-order valence-electron chi connectivity index (χ3n) is 3.37. The molecule has 19 heavy (non-hydrogen) atoms. The standard InChI is InChI=1S/C14H17NO3S/c1-14(2)8-3-9-15(14)13(18)11-6-4-10(19-11)5-7-12(16)17/h4-7H,3,8-9H2,1-2H3,(H,16,17). The van der Waals surface area contributed by atoms with Crippen LogP contribution in [0.5, 0.6) is 0 Å². The lowest BCUT2D eigenvalue weighted by atomic mass is 10.0. The van der Waals surface area contributed by atoms with E-state index < -0.39 is 5.97 Å². The molecule has 0 spiro atoms. The molecule has 1 aliphatic heterocycles. The highest BCUT2D eigenvalue weighted by atomic mass is 32.1. The minimum atomic E-state index is -0.984. The molecule has 2 rings (SSSR count). The molecule has 0 unspecified atom stereocenters. The van der Waals surface area contributed by atoms with Crippen LogP contribution in [0.2, 0.25) is 0 Å². The van der Waals surface area contributed by atoms with E-state index in [0.29, 0.717) is 4.88 Å². The maximum Gasteiger partial charge on any atom is 0.328 e. The first-order valence-corrected chi connectivity index (χ1v) is 7.04. The summed E-state index contributed by atoms with van der Waals surface area (Å²) in [6.45, 7) is 4.96. The first-order valence-electron chi connectivity index (χ1n) is 6.23. The van der Waals surface area contributed by atoms with E-state index in [9.17, 15) is 9.59 Å². The molecule has 1 aromatic rings. The van der Waals surface area contributed by atoms with Gasteiger partial charge in [-0.05, 0) is 44.9 Å². The third kappa shape index (κ3) is 3.04. The van der Waals surface area contributed by atoms with Crippen LogP contribution in [0.3, 0.4) is 0 Å². The average molecular weight is 279 g/mol. The second kappa shape index (κ2) is 5.17. The molecule has 1 saturated heterocycles. The molecule has 1 aliphatic rings. The molecular formula is C14H17NO3S. The number of carbonyl (C=O) groups is 2. The molecule has 2 heterocycles. The van der Waals surface area contributed by atoms with Crippen LogP contribution in [0.1, 0.15) is 41.2 Å². The monoisotopic (exact) mass is 279 g/mol. The van der Waals surface area contributed by atoms with Gasteiger partial charge in [0.15, 0.2) is 0 Å². The molecule has 5 heteroatoms. The molecule has 4 nitrogen and oxygen atoms in total. The van der Waals surface area contributed by atoms with Crippen LogP contribution in [0.15, 0.2) is 18.2 Å². The minimum Gasteiger partial charge on any atom is -0.478 e. The highest BCUT2D eigenvalue weighted by molar-refractivity contribution is 7.14. The maximum atomic E-state index is 12.4. The molecule has 0 atom stereocenters. The topological polar surface area (TPSA) is 57.6 Å². The zero-order valence-corrected chi connectivity index (χ0v) is 11.9. The van der Waals surface area contributed by atoms with Gasteiger partial charge in [-0.15, -0.1) is 11.3 Å². The minimum absolute atomic E-state index is 0.0440. The number of rotatable bonds is 3. The van der Waals surface area contributed by atoms with Gasteiger partial charge in [0.2, 0.25) is 0 Å². The van der Waals surface area contributed by atoms with Crippen molar-refractivity contribution in [2.75, 3.05) is 6.54 Å². The van der Waals surface area contributed by atoms with E-state index in [1.165, 1.54) is 17.4 Å². The number of nitrogens with zero attached hydrogens (tertiary/aromatic N) is 1. The molecule has 1 aromatic heterocycles. The van der Waals surface area contributed by atoms with Gasteiger partial charge in [-0.1, -0.05) is 0 Å². The van der Waals surface area contributed by atoms with Crippen LogP contribution in [0.4, 0.5) is 0 Å². The Labute approximate surface area is 116 Å². The summed E-state index contributed by atoms with van der Waals surface area (Å²) in [6.07, 6.45) is 4.66. The van der Waals surface area contributed by atoms with Crippen molar-refractivity contribution in [3.05, 3.63) is 28.0 Å². The summed E-state index contributed by atoms with van der Waals surface area (Å²) < 4.78 is 0. The highest BCUT2D eigenvalue weighted by Crippen LogP contribution is 2.31. The van der Waals surface area contributed by atoms with Crippen molar-refractivity contribution in [1.82, 2.24) is 4.90 Å². The van der Waals surface area contributed by atoms with Crippen LogP contribution in [-0.4, -0.2) is 34.0 Å². The molecule has 1 fully saturated rings. The van der Waals surface area contributed by atoms with Crippen molar-refractivity contribution < 1.29 is 14.7 Å². The summed E-state index contributed by atoms with van der Waals surface area (Å²) in [5, 5.41) is 8.57. The Morgan fingerprint density at radius 1 is 1.42 bits per heavy atom. The van der Waals surface area contributed by atoms with Gasteiger partial charge < -0.3 is 10.0 Å². The Morgan fingerprint density at radius 3 is 2.74 bits per heavy atom. The summed E-state index contributed by atoms with van der Waals surface area (Å²) in [5.41, 5.74) is -0.0852. The number of carboxylic acids is 1. The molecule has 0 aliphatic carbocycles. The van der Waals surface area contributed by atoms with Gasteiger partial charge in [0.25, 0.3) is 5.91 Å². The van der Waals surface area contributed by atoms with E-state index in [4.69, 9.17) is 5.11 Å². The van der Waals surface area contributed by atoms with Crippen LogP contribution in [0.25, 0.3) is 6.08 Å². The van der Waals surface area contributed by atoms with Crippen molar-refractivity contribution in [1.29, 1.82) is 0 Å². The third-order valence-corrected chi connectivity index (χ3v) is 4.41. The van der Waals surface area contributed by atoms with Gasteiger partial charge in [-0.2, -0.15) is 0 Å².